The Morgan fingerprint density at radius 3 is 2.67 bits per heavy atom. The Kier molecular flexibility index (Phi) is 3.26. The summed E-state index contributed by atoms with van der Waals surface area (Å²) in [6.45, 7) is 6.02. The predicted octanol–water partition coefficient (Wildman–Crippen LogP) is 2.46. The Bertz CT molecular complexity index is 335. The van der Waals surface area contributed by atoms with Crippen LogP contribution in [0.25, 0.3) is 0 Å². The van der Waals surface area contributed by atoms with Crippen LogP contribution in [0, 0.1) is 0 Å². The maximum absolute atomic E-state index is 5.69. The van der Waals surface area contributed by atoms with Crippen LogP contribution >= 0.6 is 15.9 Å². The molecule has 2 heterocycles. The van der Waals surface area contributed by atoms with E-state index < -0.39 is 0 Å². The Hall–Kier alpha value is -0.610. The molecule has 1 aliphatic rings. The number of hydrogen-bond donors (Lipinski definition) is 0. The van der Waals surface area contributed by atoms with Crippen LogP contribution in [0.2, 0.25) is 0 Å². The monoisotopic (exact) mass is 270 g/mol. The SMILES string of the molecule is C[C@@H]1CN(c2cc(Br)ccn2)C[C@@H](C)O1. The minimum atomic E-state index is 0.273. The number of pyridine rings is 1. The lowest BCUT2D eigenvalue weighted by molar-refractivity contribution is -0.00546. The van der Waals surface area contributed by atoms with Gasteiger partial charge >= 0.3 is 0 Å². The molecule has 0 spiro atoms. The molecule has 0 aromatic carbocycles. The van der Waals surface area contributed by atoms with E-state index in [1.807, 2.05) is 18.3 Å². The highest BCUT2D eigenvalue weighted by atomic mass is 79.9. The third-order valence-corrected chi connectivity index (χ3v) is 2.94. The molecule has 1 aromatic rings. The van der Waals surface area contributed by atoms with Crippen LogP contribution in [0.1, 0.15) is 13.8 Å². The molecular formula is C11H15BrN2O. The first-order valence-electron chi connectivity index (χ1n) is 5.17. The number of anilines is 1. The Morgan fingerprint density at radius 2 is 2.07 bits per heavy atom. The highest BCUT2D eigenvalue weighted by molar-refractivity contribution is 9.10. The fourth-order valence-electron chi connectivity index (χ4n) is 1.93. The minimum Gasteiger partial charge on any atom is -0.372 e. The first-order chi connectivity index (χ1) is 7.15. The smallest absolute Gasteiger partial charge is 0.129 e. The van der Waals surface area contributed by atoms with Crippen LogP contribution in [0.15, 0.2) is 22.8 Å². The van der Waals surface area contributed by atoms with Crippen LogP contribution in [0.3, 0.4) is 0 Å². The standard InChI is InChI=1S/C11H15BrN2O/c1-8-6-14(7-9(2)15-8)11-5-10(12)3-4-13-11/h3-5,8-9H,6-7H2,1-2H3/t8-,9-/m1/s1. The summed E-state index contributed by atoms with van der Waals surface area (Å²) in [4.78, 5) is 6.64. The highest BCUT2D eigenvalue weighted by Crippen LogP contribution is 2.20. The second-order valence-corrected chi connectivity index (χ2v) is 4.91. The molecular weight excluding hydrogens is 256 g/mol. The molecule has 0 N–H and O–H groups in total. The van der Waals surface area contributed by atoms with Crippen molar-refractivity contribution in [3.05, 3.63) is 22.8 Å². The van der Waals surface area contributed by atoms with Crippen molar-refractivity contribution in [2.45, 2.75) is 26.1 Å². The molecule has 2 rings (SSSR count). The van der Waals surface area contributed by atoms with Crippen molar-refractivity contribution in [3.8, 4) is 0 Å². The van der Waals surface area contributed by atoms with Gasteiger partial charge in [-0.2, -0.15) is 0 Å². The summed E-state index contributed by atoms with van der Waals surface area (Å²) >= 11 is 3.46. The number of ether oxygens (including phenoxy) is 1. The zero-order valence-electron chi connectivity index (χ0n) is 8.98. The van der Waals surface area contributed by atoms with Crippen molar-refractivity contribution < 1.29 is 4.74 Å². The number of aromatic nitrogens is 1. The Morgan fingerprint density at radius 1 is 1.40 bits per heavy atom. The van der Waals surface area contributed by atoms with E-state index in [0.29, 0.717) is 0 Å². The second-order valence-electron chi connectivity index (χ2n) is 3.99. The van der Waals surface area contributed by atoms with Crippen molar-refractivity contribution in [1.82, 2.24) is 4.98 Å². The molecule has 0 amide bonds. The van der Waals surface area contributed by atoms with Gasteiger partial charge in [-0.1, -0.05) is 15.9 Å². The van der Waals surface area contributed by atoms with Gasteiger partial charge in [0.1, 0.15) is 5.82 Å². The molecule has 3 nitrogen and oxygen atoms in total. The van der Waals surface area contributed by atoms with Gasteiger partial charge in [0.15, 0.2) is 0 Å². The molecule has 2 atom stereocenters. The van der Waals surface area contributed by atoms with Crippen molar-refractivity contribution >= 4 is 21.7 Å². The van der Waals surface area contributed by atoms with Gasteiger partial charge in [0, 0.05) is 23.8 Å². The van der Waals surface area contributed by atoms with Crippen LogP contribution in [0.5, 0.6) is 0 Å². The van der Waals surface area contributed by atoms with E-state index in [4.69, 9.17) is 4.74 Å². The van der Waals surface area contributed by atoms with Gasteiger partial charge in [0.05, 0.1) is 12.2 Å². The average molecular weight is 271 g/mol. The largest absolute Gasteiger partial charge is 0.372 e. The van der Waals surface area contributed by atoms with E-state index in [1.165, 1.54) is 0 Å². The summed E-state index contributed by atoms with van der Waals surface area (Å²) in [7, 11) is 0. The first-order valence-corrected chi connectivity index (χ1v) is 5.96. The van der Waals surface area contributed by atoms with E-state index in [0.717, 1.165) is 23.4 Å². The highest BCUT2D eigenvalue weighted by Gasteiger charge is 2.22. The quantitative estimate of drug-likeness (QED) is 0.784. The number of rotatable bonds is 1. The van der Waals surface area contributed by atoms with Gasteiger partial charge in [-0.15, -0.1) is 0 Å². The summed E-state index contributed by atoms with van der Waals surface area (Å²) < 4.78 is 6.76. The molecule has 1 saturated heterocycles. The molecule has 0 unspecified atom stereocenters. The predicted molar refractivity (Wildman–Crippen MR) is 64.2 cm³/mol. The lowest BCUT2D eigenvalue weighted by Crippen LogP contribution is -2.45. The van der Waals surface area contributed by atoms with E-state index in [9.17, 15) is 0 Å². The molecule has 15 heavy (non-hydrogen) atoms. The zero-order valence-corrected chi connectivity index (χ0v) is 10.6. The van der Waals surface area contributed by atoms with Gasteiger partial charge in [0.2, 0.25) is 0 Å². The van der Waals surface area contributed by atoms with Gasteiger partial charge < -0.3 is 9.64 Å². The summed E-state index contributed by atoms with van der Waals surface area (Å²) in [5.74, 6) is 1.02. The van der Waals surface area contributed by atoms with Crippen molar-refractivity contribution in [2.24, 2.45) is 0 Å². The lowest BCUT2D eigenvalue weighted by Gasteiger charge is -2.36. The lowest BCUT2D eigenvalue weighted by atomic mass is 10.2. The number of morpholine rings is 1. The molecule has 1 aromatic heterocycles. The Labute approximate surface area is 98.6 Å². The number of hydrogen-bond acceptors (Lipinski definition) is 3. The third-order valence-electron chi connectivity index (χ3n) is 2.45. The fraction of sp³-hybridized carbons (Fsp3) is 0.545. The topological polar surface area (TPSA) is 25.4 Å². The van der Waals surface area contributed by atoms with E-state index in [1.54, 1.807) is 0 Å². The maximum Gasteiger partial charge on any atom is 0.129 e. The van der Waals surface area contributed by atoms with E-state index in [2.05, 4.69) is 39.7 Å². The third kappa shape index (κ3) is 2.69. The van der Waals surface area contributed by atoms with Crippen LogP contribution < -0.4 is 4.90 Å². The minimum absolute atomic E-state index is 0.273. The summed E-state index contributed by atoms with van der Waals surface area (Å²) in [6, 6.07) is 3.99. The van der Waals surface area contributed by atoms with E-state index in [-0.39, 0.29) is 12.2 Å². The summed E-state index contributed by atoms with van der Waals surface area (Å²) in [5, 5.41) is 0. The normalized spacial score (nSPS) is 26.7. The number of halogens is 1. The maximum atomic E-state index is 5.69. The fourth-order valence-corrected chi connectivity index (χ4v) is 2.25. The van der Waals surface area contributed by atoms with Crippen molar-refractivity contribution in [1.29, 1.82) is 0 Å². The molecule has 1 aliphatic heterocycles. The first kappa shape index (κ1) is 10.9. The molecule has 0 bridgehead atoms. The van der Waals surface area contributed by atoms with Crippen LogP contribution in [-0.4, -0.2) is 30.3 Å². The molecule has 0 saturated carbocycles. The van der Waals surface area contributed by atoms with Gasteiger partial charge in [-0.25, -0.2) is 4.98 Å². The zero-order chi connectivity index (χ0) is 10.8. The molecule has 82 valence electrons. The van der Waals surface area contributed by atoms with E-state index >= 15 is 0 Å². The average Bonchev–Trinajstić information content (AvgIpc) is 2.16. The number of nitrogens with zero attached hydrogens (tertiary/aromatic N) is 2. The van der Waals surface area contributed by atoms with Gasteiger partial charge in [0.25, 0.3) is 0 Å². The van der Waals surface area contributed by atoms with Crippen LogP contribution in [0.4, 0.5) is 5.82 Å². The molecule has 0 aliphatic carbocycles. The van der Waals surface area contributed by atoms with Crippen molar-refractivity contribution in [2.75, 3.05) is 18.0 Å². The molecule has 1 fully saturated rings. The second kappa shape index (κ2) is 4.49. The summed E-state index contributed by atoms with van der Waals surface area (Å²) in [5.41, 5.74) is 0. The molecule has 0 radical (unpaired) electrons. The Balaban J connectivity index is 2.16. The van der Waals surface area contributed by atoms with Crippen LogP contribution in [-0.2, 0) is 4.74 Å². The van der Waals surface area contributed by atoms with Gasteiger partial charge in [-0.3, -0.25) is 0 Å². The summed E-state index contributed by atoms with van der Waals surface area (Å²) in [6.07, 6.45) is 2.37. The molecule has 4 heteroatoms. The van der Waals surface area contributed by atoms with Crippen molar-refractivity contribution in [3.63, 3.8) is 0 Å². The van der Waals surface area contributed by atoms with Gasteiger partial charge in [-0.05, 0) is 26.0 Å².